The van der Waals surface area contributed by atoms with Gasteiger partial charge in [-0.15, -0.1) is 34.8 Å². The second kappa shape index (κ2) is 6.81. The Kier molecular flexibility index (Phi) is 4.96. The number of allylic oxidation sites excluding steroid dienone is 4. The smallest absolute Gasteiger partial charge is 0.182 e. The van der Waals surface area contributed by atoms with E-state index in [2.05, 4.69) is 0 Å². The fourth-order valence-electron chi connectivity index (χ4n) is 7.84. The van der Waals surface area contributed by atoms with Gasteiger partial charge in [0.05, 0.1) is 22.2 Å². The fraction of sp³-hybridized carbons (Fsp3) is 0.750. The second-order valence-corrected chi connectivity index (χ2v) is 12.4. The molecule has 0 N–H and O–H groups in total. The van der Waals surface area contributed by atoms with Gasteiger partial charge in [-0.2, -0.15) is 0 Å². The lowest BCUT2D eigenvalue weighted by atomic mass is 9.46. The van der Waals surface area contributed by atoms with E-state index in [4.69, 9.17) is 44.3 Å². The molecule has 0 bridgehead atoms. The third-order valence-corrected chi connectivity index (χ3v) is 10.9. The van der Waals surface area contributed by atoms with Crippen molar-refractivity contribution in [3.8, 4) is 0 Å². The molecule has 0 aromatic heterocycles. The highest BCUT2D eigenvalue weighted by atomic mass is 35.5. The van der Waals surface area contributed by atoms with Gasteiger partial charge in [-0.05, 0) is 62.7 Å². The monoisotopic (exact) mass is 504 g/mol. The van der Waals surface area contributed by atoms with E-state index >= 15 is 4.39 Å². The maximum Gasteiger partial charge on any atom is 0.182 e. The van der Waals surface area contributed by atoms with Crippen molar-refractivity contribution in [1.82, 2.24) is 0 Å². The Morgan fingerprint density at radius 1 is 1.22 bits per heavy atom. The van der Waals surface area contributed by atoms with E-state index in [0.717, 1.165) is 0 Å². The maximum atomic E-state index is 15.6. The lowest BCUT2D eigenvalue weighted by Gasteiger charge is -2.64. The van der Waals surface area contributed by atoms with E-state index in [1.165, 1.54) is 12.2 Å². The first-order chi connectivity index (χ1) is 14.8. The first-order valence-corrected chi connectivity index (χ1v) is 12.5. The zero-order chi connectivity index (χ0) is 23.5. The number of ether oxygens (including phenoxy) is 2. The van der Waals surface area contributed by atoms with Gasteiger partial charge in [-0.3, -0.25) is 9.59 Å². The fourth-order valence-corrected chi connectivity index (χ4v) is 9.23. The summed E-state index contributed by atoms with van der Waals surface area (Å²) in [5, 5.41) is -0.597. The van der Waals surface area contributed by atoms with Crippen LogP contribution in [0.3, 0.4) is 0 Å². The van der Waals surface area contributed by atoms with Crippen LogP contribution in [0.2, 0.25) is 0 Å². The zero-order valence-corrected chi connectivity index (χ0v) is 20.9. The average molecular weight is 506 g/mol. The highest BCUT2D eigenvalue weighted by molar-refractivity contribution is 6.34. The Balaban J connectivity index is 1.66. The van der Waals surface area contributed by atoms with E-state index < -0.39 is 44.7 Å². The number of rotatable bonds is 2. The van der Waals surface area contributed by atoms with Crippen LogP contribution in [-0.2, 0) is 19.1 Å². The number of hydrogen-bond donors (Lipinski definition) is 0. The quantitative estimate of drug-likeness (QED) is 0.488. The molecule has 5 rings (SSSR count). The van der Waals surface area contributed by atoms with E-state index in [0.29, 0.717) is 18.4 Å². The molecule has 5 unspecified atom stereocenters. The first kappa shape index (κ1) is 23.3. The summed E-state index contributed by atoms with van der Waals surface area (Å²) in [7, 11) is 0. The van der Waals surface area contributed by atoms with Gasteiger partial charge in [0.25, 0.3) is 0 Å². The Hall–Kier alpha value is -0.460. The average Bonchev–Trinajstić information content (AvgIpc) is 3.11. The normalized spacial score (nSPS) is 53.2. The van der Waals surface area contributed by atoms with E-state index in [1.54, 1.807) is 19.9 Å². The van der Waals surface area contributed by atoms with Gasteiger partial charge in [0.15, 0.2) is 23.0 Å². The van der Waals surface area contributed by atoms with Gasteiger partial charge < -0.3 is 9.47 Å². The topological polar surface area (TPSA) is 52.6 Å². The van der Waals surface area contributed by atoms with Crippen LogP contribution in [0.1, 0.15) is 47.0 Å². The van der Waals surface area contributed by atoms with Crippen LogP contribution in [-0.4, -0.2) is 51.4 Å². The second-order valence-electron chi connectivity index (χ2n) is 10.9. The molecule has 5 aliphatic rings. The Morgan fingerprint density at radius 3 is 2.56 bits per heavy atom. The van der Waals surface area contributed by atoms with Crippen molar-refractivity contribution in [3.63, 3.8) is 0 Å². The minimum absolute atomic E-state index is 0.136. The van der Waals surface area contributed by atoms with Crippen molar-refractivity contribution < 1.29 is 23.5 Å². The van der Waals surface area contributed by atoms with Gasteiger partial charge in [-0.1, -0.05) is 19.9 Å². The molecule has 0 radical (unpaired) electrons. The first-order valence-electron chi connectivity index (χ1n) is 11.2. The number of fused-ring (bicyclic) bond motifs is 7. The summed E-state index contributed by atoms with van der Waals surface area (Å²) >= 11 is 20.7. The molecule has 1 aliphatic heterocycles. The largest absolute Gasteiger partial charge is 0.344 e. The molecule has 176 valence electrons. The van der Waals surface area contributed by atoms with Crippen molar-refractivity contribution in [1.29, 1.82) is 0 Å². The van der Waals surface area contributed by atoms with E-state index in [1.807, 2.05) is 13.8 Å². The predicted octanol–water partition coefficient (Wildman–Crippen LogP) is 5.13. The number of halogens is 4. The zero-order valence-electron chi connectivity index (χ0n) is 18.6. The van der Waals surface area contributed by atoms with Crippen molar-refractivity contribution in [3.05, 3.63) is 23.8 Å². The molecule has 1 heterocycles. The van der Waals surface area contributed by atoms with Crippen LogP contribution >= 0.6 is 34.8 Å². The Bertz CT molecular complexity index is 965. The van der Waals surface area contributed by atoms with Gasteiger partial charge in [0, 0.05) is 10.8 Å². The number of hydrogen-bond acceptors (Lipinski definition) is 4. The summed E-state index contributed by atoms with van der Waals surface area (Å²) in [4.78, 5) is 24.4. The Morgan fingerprint density at radius 2 is 1.91 bits per heavy atom. The van der Waals surface area contributed by atoms with Crippen molar-refractivity contribution in [2.75, 3.05) is 5.88 Å². The van der Waals surface area contributed by atoms with Gasteiger partial charge in [-0.25, -0.2) is 4.39 Å². The molecular weight excluding hydrogens is 478 g/mol. The lowest BCUT2D eigenvalue weighted by Crippen LogP contribution is -2.69. The third-order valence-electron chi connectivity index (χ3n) is 9.11. The summed E-state index contributed by atoms with van der Waals surface area (Å²) in [6.07, 6.45) is 3.75. The van der Waals surface area contributed by atoms with Crippen LogP contribution in [0.15, 0.2) is 23.8 Å². The van der Waals surface area contributed by atoms with Crippen molar-refractivity contribution >= 4 is 46.4 Å². The van der Waals surface area contributed by atoms with Crippen LogP contribution in [0.25, 0.3) is 0 Å². The summed E-state index contributed by atoms with van der Waals surface area (Å²) in [5.41, 5.74) is -2.50. The standard InChI is InChI=1S/C24H28Cl3FO4/c1-20(2)31-19-9-13-14-8-16(28)15-7-12(29)5-6-21(15,3)23(14,27)17(26)10-22(13,4)24(19,32-20)18(30)11-25/h5-7,13-14,16-17,19H,8-11H2,1-4H3/t13?,14?,16?,17?,19?,21-,22-,23-,24+/m0/s1. The molecule has 4 aliphatic carbocycles. The molecule has 0 spiro atoms. The van der Waals surface area contributed by atoms with E-state index in [-0.39, 0.29) is 35.7 Å². The molecule has 8 heteroatoms. The summed E-state index contributed by atoms with van der Waals surface area (Å²) in [6.45, 7) is 7.46. The molecule has 0 amide bonds. The van der Waals surface area contributed by atoms with Gasteiger partial charge >= 0.3 is 0 Å². The van der Waals surface area contributed by atoms with Crippen molar-refractivity contribution in [2.45, 2.75) is 80.9 Å². The lowest BCUT2D eigenvalue weighted by molar-refractivity contribution is -0.211. The maximum absolute atomic E-state index is 15.6. The highest BCUT2D eigenvalue weighted by Gasteiger charge is 2.79. The minimum Gasteiger partial charge on any atom is -0.344 e. The van der Waals surface area contributed by atoms with Crippen LogP contribution in [0, 0.1) is 22.7 Å². The number of alkyl halides is 4. The number of carbonyl (C=O) groups excluding carboxylic acids is 2. The van der Waals surface area contributed by atoms with Crippen LogP contribution < -0.4 is 0 Å². The third kappa shape index (κ3) is 2.53. The number of carbonyl (C=O) groups is 2. The summed E-state index contributed by atoms with van der Waals surface area (Å²) < 4.78 is 28.2. The summed E-state index contributed by atoms with van der Waals surface area (Å²) in [5.74, 6) is -2.12. The molecule has 4 fully saturated rings. The molecule has 0 aromatic carbocycles. The molecule has 0 aromatic rings. The predicted molar refractivity (Wildman–Crippen MR) is 121 cm³/mol. The summed E-state index contributed by atoms with van der Waals surface area (Å²) in [6, 6.07) is 0. The number of Topliss-reactive ketones (excluding diaryl/α,β-unsaturated/α-hetero) is 1. The SMILES string of the molecule is CC1(C)OC2CC3C4CC(F)C5=CC(=O)C=C[C@]5(C)[C@@]4(Cl)C(Cl)C[C@]3(C)[C@]2(C(=O)CCl)O1. The van der Waals surface area contributed by atoms with E-state index in [9.17, 15) is 9.59 Å². The van der Waals surface area contributed by atoms with Gasteiger partial charge in [0.1, 0.15) is 6.17 Å². The highest BCUT2D eigenvalue weighted by Crippen LogP contribution is 2.73. The Labute approximate surface area is 202 Å². The van der Waals surface area contributed by atoms with Crippen LogP contribution in [0.4, 0.5) is 4.39 Å². The van der Waals surface area contributed by atoms with Crippen molar-refractivity contribution in [2.24, 2.45) is 22.7 Å². The molecule has 9 atom stereocenters. The molecule has 4 nitrogen and oxygen atoms in total. The molecule has 1 saturated heterocycles. The van der Waals surface area contributed by atoms with Gasteiger partial charge in [0.2, 0.25) is 0 Å². The minimum atomic E-state index is -1.32. The molecule has 3 saturated carbocycles. The van der Waals surface area contributed by atoms with Crippen LogP contribution in [0.5, 0.6) is 0 Å². The molecular formula is C24H28Cl3FO4. The molecule has 32 heavy (non-hydrogen) atoms. The number of ketones is 2.